The number of hydrogen-bond acceptors (Lipinski definition) is 7. The summed E-state index contributed by atoms with van der Waals surface area (Å²) < 4.78 is 0. The smallest absolute Gasteiger partial charge is 0.324 e. The molecule has 3 rings (SSSR count). The van der Waals surface area contributed by atoms with Gasteiger partial charge in [-0.3, -0.25) is 29.8 Å². The standard InChI is InChI=1S/C17H16N4O6S/c22-15(11-12-3-1-2-4-13(12)20(24)25)18-7-9-19(10-8-18)17(23)14-5-6-16(28-14)21(26)27/h1-6H,7-11H2. The average molecular weight is 404 g/mol. The van der Waals surface area contributed by atoms with E-state index in [1.165, 1.54) is 18.2 Å². The second-order valence-corrected chi connectivity index (χ2v) is 7.19. The number of nitrogens with zero attached hydrogens (tertiary/aromatic N) is 4. The highest BCUT2D eigenvalue weighted by Crippen LogP contribution is 2.25. The van der Waals surface area contributed by atoms with Crippen molar-refractivity contribution in [1.82, 2.24) is 9.80 Å². The summed E-state index contributed by atoms with van der Waals surface area (Å²) in [6.45, 7) is 1.21. The van der Waals surface area contributed by atoms with E-state index in [4.69, 9.17) is 0 Å². The van der Waals surface area contributed by atoms with Crippen molar-refractivity contribution < 1.29 is 19.4 Å². The summed E-state index contributed by atoms with van der Waals surface area (Å²) in [5, 5.41) is 21.7. The minimum atomic E-state index is -0.541. The molecule has 28 heavy (non-hydrogen) atoms. The van der Waals surface area contributed by atoms with Gasteiger partial charge in [-0.2, -0.15) is 0 Å². The van der Waals surface area contributed by atoms with Crippen molar-refractivity contribution in [2.75, 3.05) is 26.2 Å². The van der Waals surface area contributed by atoms with Gasteiger partial charge in [0.05, 0.1) is 21.1 Å². The first-order chi connectivity index (χ1) is 13.4. The molecule has 0 atom stereocenters. The van der Waals surface area contributed by atoms with Crippen molar-refractivity contribution in [3.63, 3.8) is 0 Å². The maximum Gasteiger partial charge on any atom is 0.324 e. The number of thiophene rings is 1. The van der Waals surface area contributed by atoms with Gasteiger partial charge in [0.1, 0.15) is 0 Å². The van der Waals surface area contributed by atoms with Crippen LogP contribution in [0.1, 0.15) is 15.2 Å². The number of piperazine rings is 1. The largest absolute Gasteiger partial charge is 0.339 e. The van der Waals surface area contributed by atoms with Crippen LogP contribution in [-0.4, -0.2) is 57.6 Å². The molecular weight excluding hydrogens is 388 g/mol. The highest BCUT2D eigenvalue weighted by Gasteiger charge is 2.27. The number of para-hydroxylation sites is 1. The third kappa shape index (κ3) is 4.14. The van der Waals surface area contributed by atoms with Crippen LogP contribution in [0.4, 0.5) is 10.7 Å². The van der Waals surface area contributed by atoms with Crippen LogP contribution in [0.15, 0.2) is 36.4 Å². The summed E-state index contributed by atoms with van der Waals surface area (Å²) in [7, 11) is 0. The van der Waals surface area contributed by atoms with Crippen molar-refractivity contribution >= 4 is 33.8 Å². The van der Waals surface area contributed by atoms with Crippen molar-refractivity contribution in [1.29, 1.82) is 0 Å². The first kappa shape index (κ1) is 19.4. The van der Waals surface area contributed by atoms with Gasteiger partial charge >= 0.3 is 5.00 Å². The second kappa shape index (κ2) is 8.13. The van der Waals surface area contributed by atoms with Gasteiger partial charge in [-0.15, -0.1) is 0 Å². The normalized spacial score (nSPS) is 14.0. The molecule has 1 aliphatic rings. The Labute approximate surface area is 163 Å². The van der Waals surface area contributed by atoms with Crippen molar-refractivity contribution in [3.8, 4) is 0 Å². The van der Waals surface area contributed by atoms with Crippen LogP contribution in [0.5, 0.6) is 0 Å². The van der Waals surface area contributed by atoms with Crippen LogP contribution in [0, 0.1) is 20.2 Å². The van der Waals surface area contributed by atoms with Crippen LogP contribution in [0.25, 0.3) is 0 Å². The number of carbonyl (C=O) groups is 2. The molecule has 146 valence electrons. The number of rotatable bonds is 5. The molecule has 1 aromatic heterocycles. The number of nitro benzene ring substituents is 1. The molecule has 2 heterocycles. The highest BCUT2D eigenvalue weighted by molar-refractivity contribution is 7.17. The van der Waals surface area contributed by atoms with Crippen LogP contribution in [0.3, 0.4) is 0 Å². The van der Waals surface area contributed by atoms with Gasteiger partial charge in [0.2, 0.25) is 5.91 Å². The first-order valence-electron chi connectivity index (χ1n) is 8.40. The number of benzene rings is 1. The highest BCUT2D eigenvalue weighted by atomic mass is 32.1. The number of carbonyl (C=O) groups excluding carboxylic acids is 2. The van der Waals surface area contributed by atoms with E-state index in [2.05, 4.69) is 0 Å². The molecule has 0 spiro atoms. The van der Waals surface area contributed by atoms with Gasteiger partial charge in [-0.25, -0.2) is 0 Å². The van der Waals surface area contributed by atoms with Gasteiger partial charge in [0.15, 0.2) is 0 Å². The van der Waals surface area contributed by atoms with Crippen molar-refractivity contribution in [3.05, 3.63) is 67.1 Å². The molecule has 1 aromatic carbocycles. The Morgan fingerprint density at radius 3 is 2.18 bits per heavy atom. The fraction of sp³-hybridized carbons (Fsp3) is 0.294. The molecule has 1 fully saturated rings. The molecule has 0 saturated carbocycles. The van der Waals surface area contributed by atoms with Crippen LogP contribution < -0.4 is 0 Å². The molecule has 0 unspecified atom stereocenters. The van der Waals surface area contributed by atoms with E-state index in [1.807, 2.05) is 0 Å². The Morgan fingerprint density at radius 1 is 0.929 bits per heavy atom. The van der Waals surface area contributed by atoms with Crippen LogP contribution in [-0.2, 0) is 11.2 Å². The Kier molecular flexibility index (Phi) is 5.64. The summed E-state index contributed by atoms with van der Waals surface area (Å²) in [6.07, 6.45) is -0.0811. The van der Waals surface area contributed by atoms with E-state index in [0.717, 1.165) is 11.3 Å². The fourth-order valence-electron chi connectivity index (χ4n) is 2.97. The Morgan fingerprint density at radius 2 is 1.57 bits per heavy atom. The molecule has 0 aliphatic carbocycles. The number of nitro groups is 2. The monoisotopic (exact) mass is 404 g/mol. The minimum Gasteiger partial charge on any atom is -0.339 e. The van der Waals surface area contributed by atoms with E-state index < -0.39 is 9.85 Å². The van der Waals surface area contributed by atoms with E-state index in [1.54, 1.807) is 28.0 Å². The molecule has 1 aliphatic heterocycles. The van der Waals surface area contributed by atoms with Crippen molar-refractivity contribution in [2.45, 2.75) is 6.42 Å². The lowest BCUT2D eigenvalue weighted by atomic mass is 10.1. The summed E-state index contributed by atoms with van der Waals surface area (Å²) in [5.74, 6) is -0.544. The maximum atomic E-state index is 12.5. The second-order valence-electron chi connectivity index (χ2n) is 6.13. The van der Waals surface area contributed by atoms with Gasteiger partial charge in [-0.1, -0.05) is 29.5 Å². The van der Waals surface area contributed by atoms with Gasteiger partial charge in [0, 0.05) is 43.9 Å². The number of hydrogen-bond donors (Lipinski definition) is 0. The molecule has 2 amide bonds. The summed E-state index contributed by atoms with van der Waals surface area (Å²) in [4.78, 5) is 49.1. The Balaban J connectivity index is 1.59. The predicted molar refractivity (Wildman–Crippen MR) is 100 cm³/mol. The third-order valence-corrected chi connectivity index (χ3v) is 5.46. The Hall–Kier alpha value is -3.34. The third-order valence-electron chi connectivity index (χ3n) is 4.43. The summed E-state index contributed by atoms with van der Waals surface area (Å²) in [6, 6.07) is 8.83. The Bertz CT molecular complexity index is 935. The molecular formula is C17H16N4O6S. The van der Waals surface area contributed by atoms with Crippen LogP contribution in [0.2, 0.25) is 0 Å². The minimum absolute atomic E-state index is 0.0811. The zero-order valence-corrected chi connectivity index (χ0v) is 15.5. The quantitative estimate of drug-likeness (QED) is 0.555. The molecule has 1 saturated heterocycles. The summed E-state index contributed by atoms with van der Waals surface area (Å²) in [5.41, 5.74) is 0.255. The van der Waals surface area contributed by atoms with Crippen LogP contribution >= 0.6 is 11.3 Å². The lowest BCUT2D eigenvalue weighted by molar-refractivity contribution is -0.385. The van der Waals surface area contributed by atoms with Gasteiger partial charge in [-0.05, 0) is 6.07 Å². The first-order valence-corrected chi connectivity index (χ1v) is 9.22. The fourth-order valence-corrected chi connectivity index (χ4v) is 3.76. The SMILES string of the molecule is O=C(Cc1ccccc1[N+](=O)[O-])N1CCN(C(=O)c2ccc([N+](=O)[O-])s2)CC1. The molecule has 0 radical (unpaired) electrons. The molecule has 2 aromatic rings. The zero-order chi connectivity index (χ0) is 20.3. The zero-order valence-electron chi connectivity index (χ0n) is 14.6. The summed E-state index contributed by atoms with van der Waals surface area (Å²) >= 11 is 0.821. The van der Waals surface area contributed by atoms with Gasteiger partial charge in [0.25, 0.3) is 11.6 Å². The topological polar surface area (TPSA) is 127 Å². The average Bonchev–Trinajstić information content (AvgIpc) is 3.18. The van der Waals surface area contributed by atoms with E-state index >= 15 is 0 Å². The molecule has 0 bridgehead atoms. The lowest BCUT2D eigenvalue weighted by Crippen LogP contribution is -2.50. The van der Waals surface area contributed by atoms with E-state index in [0.29, 0.717) is 31.7 Å². The maximum absolute atomic E-state index is 12.5. The molecule has 10 nitrogen and oxygen atoms in total. The van der Waals surface area contributed by atoms with E-state index in [-0.39, 0.29) is 33.8 Å². The molecule has 0 N–H and O–H groups in total. The molecule has 11 heteroatoms. The lowest BCUT2D eigenvalue weighted by Gasteiger charge is -2.34. The van der Waals surface area contributed by atoms with Gasteiger partial charge < -0.3 is 9.80 Å². The van der Waals surface area contributed by atoms with E-state index in [9.17, 15) is 29.8 Å². The predicted octanol–water partition coefficient (Wildman–Crippen LogP) is 2.09. The number of amides is 2. The van der Waals surface area contributed by atoms with Crippen molar-refractivity contribution in [2.24, 2.45) is 0 Å².